The molecule has 0 unspecified atom stereocenters. The summed E-state index contributed by atoms with van der Waals surface area (Å²) in [5.74, 6) is -0.748. The second-order valence-electron chi connectivity index (χ2n) is 5.76. The highest BCUT2D eigenvalue weighted by Gasteiger charge is 2.20. The molecule has 2 aromatic rings. The highest BCUT2D eigenvalue weighted by molar-refractivity contribution is 7.92. The maximum absolute atomic E-state index is 13.2. The molecule has 8 heteroatoms. The molecular weight excluding hydrogens is 367 g/mol. The Morgan fingerprint density at radius 1 is 1.08 bits per heavy atom. The third-order valence-electron chi connectivity index (χ3n) is 3.98. The summed E-state index contributed by atoms with van der Waals surface area (Å²) < 4.78 is 40.2. The van der Waals surface area contributed by atoms with Crippen molar-refractivity contribution < 1.29 is 17.6 Å². The van der Waals surface area contributed by atoms with E-state index in [0.29, 0.717) is 11.3 Å². The predicted octanol–water partition coefficient (Wildman–Crippen LogP) is 3.52. The molecule has 1 fully saturated rings. The van der Waals surface area contributed by atoms with Crippen molar-refractivity contribution in [1.29, 1.82) is 0 Å². The van der Waals surface area contributed by atoms with Gasteiger partial charge in [0.25, 0.3) is 15.9 Å². The van der Waals surface area contributed by atoms with Crippen LogP contribution in [0.4, 0.5) is 10.1 Å². The van der Waals surface area contributed by atoms with Gasteiger partial charge < -0.3 is 4.90 Å². The van der Waals surface area contributed by atoms with Crippen molar-refractivity contribution in [3.63, 3.8) is 0 Å². The number of amides is 1. The molecule has 3 rings (SSSR count). The number of benzene rings is 2. The number of anilines is 1. The van der Waals surface area contributed by atoms with Gasteiger partial charge in [0.05, 0.1) is 9.92 Å². The van der Waals surface area contributed by atoms with E-state index >= 15 is 0 Å². The van der Waals surface area contributed by atoms with Crippen LogP contribution in [0.1, 0.15) is 23.2 Å². The number of carbonyl (C=O) groups is 1. The van der Waals surface area contributed by atoms with Gasteiger partial charge in [-0.3, -0.25) is 9.52 Å². The summed E-state index contributed by atoms with van der Waals surface area (Å²) in [5, 5.41) is -0.269. The molecule has 1 N–H and O–H groups in total. The summed E-state index contributed by atoms with van der Waals surface area (Å²) in [6.45, 7) is 1.50. The van der Waals surface area contributed by atoms with Gasteiger partial charge in [0, 0.05) is 24.3 Å². The van der Waals surface area contributed by atoms with Gasteiger partial charge in [-0.2, -0.15) is 0 Å². The normalized spacial score (nSPS) is 14.6. The standard InChI is InChI=1S/C17H16ClFN2O3S/c18-15-11-14(7-8-16(15)19)25(23,24)20-13-5-3-12(4-6-13)17(22)21-9-1-2-10-21/h3-8,11,20H,1-2,9-10H2. The van der Waals surface area contributed by atoms with Crippen molar-refractivity contribution in [3.05, 3.63) is 58.9 Å². The summed E-state index contributed by atoms with van der Waals surface area (Å²) >= 11 is 5.63. The van der Waals surface area contributed by atoms with Crippen LogP contribution < -0.4 is 4.72 Å². The molecule has 5 nitrogen and oxygen atoms in total. The lowest BCUT2D eigenvalue weighted by Gasteiger charge is -2.15. The minimum atomic E-state index is -3.90. The Bertz CT molecular complexity index is 895. The molecule has 0 spiro atoms. The molecule has 2 aromatic carbocycles. The van der Waals surface area contributed by atoms with E-state index in [-0.39, 0.29) is 15.8 Å². The Morgan fingerprint density at radius 2 is 1.72 bits per heavy atom. The van der Waals surface area contributed by atoms with Gasteiger partial charge in [-0.1, -0.05) is 11.6 Å². The quantitative estimate of drug-likeness (QED) is 0.879. The number of nitrogens with one attached hydrogen (secondary N) is 1. The summed E-state index contributed by atoms with van der Waals surface area (Å²) in [7, 11) is -3.90. The van der Waals surface area contributed by atoms with Crippen LogP contribution in [-0.4, -0.2) is 32.3 Å². The van der Waals surface area contributed by atoms with Crippen LogP contribution in [0.3, 0.4) is 0 Å². The molecule has 0 aromatic heterocycles. The molecule has 25 heavy (non-hydrogen) atoms. The number of likely N-dealkylation sites (tertiary alicyclic amines) is 1. The zero-order valence-corrected chi connectivity index (χ0v) is 14.8. The number of nitrogens with zero attached hydrogens (tertiary/aromatic N) is 1. The van der Waals surface area contributed by atoms with E-state index < -0.39 is 15.8 Å². The fraction of sp³-hybridized carbons (Fsp3) is 0.235. The van der Waals surface area contributed by atoms with Crippen molar-refractivity contribution in [1.82, 2.24) is 4.90 Å². The van der Waals surface area contributed by atoms with Crippen molar-refractivity contribution in [2.45, 2.75) is 17.7 Å². The molecule has 132 valence electrons. The van der Waals surface area contributed by atoms with E-state index in [1.54, 1.807) is 17.0 Å². The number of hydrogen-bond donors (Lipinski definition) is 1. The molecule has 1 heterocycles. The first-order chi connectivity index (χ1) is 11.9. The molecule has 0 bridgehead atoms. The van der Waals surface area contributed by atoms with E-state index in [4.69, 9.17) is 11.6 Å². The maximum atomic E-state index is 13.2. The molecule has 1 saturated heterocycles. The minimum absolute atomic E-state index is 0.0581. The number of hydrogen-bond acceptors (Lipinski definition) is 3. The van der Waals surface area contributed by atoms with Crippen molar-refractivity contribution in [3.8, 4) is 0 Å². The summed E-state index contributed by atoms with van der Waals surface area (Å²) in [5.41, 5.74) is 0.813. The highest BCUT2D eigenvalue weighted by atomic mass is 35.5. The first-order valence-electron chi connectivity index (χ1n) is 7.74. The van der Waals surface area contributed by atoms with Gasteiger partial charge >= 0.3 is 0 Å². The van der Waals surface area contributed by atoms with Crippen molar-refractivity contribution >= 4 is 33.2 Å². The van der Waals surface area contributed by atoms with Gasteiger partial charge in [0.1, 0.15) is 5.82 Å². The van der Waals surface area contributed by atoms with Gasteiger partial charge in [-0.25, -0.2) is 12.8 Å². The Hall–Kier alpha value is -2.12. The van der Waals surface area contributed by atoms with Crippen LogP contribution in [-0.2, 0) is 10.0 Å². The molecule has 0 aliphatic carbocycles. The van der Waals surface area contributed by atoms with Crippen LogP contribution in [0.25, 0.3) is 0 Å². The molecule has 1 amide bonds. The van der Waals surface area contributed by atoms with Crippen molar-refractivity contribution in [2.75, 3.05) is 17.8 Å². The smallest absolute Gasteiger partial charge is 0.261 e. The van der Waals surface area contributed by atoms with Gasteiger partial charge in [-0.05, 0) is 55.3 Å². The first kappa shape index (κ1) is 17.7. The molecule has 0 radical (unpaired) electrons. The number of rotatable bonds is 4. The Balaban J connectivity index is 1.76. The van der Waals surface area contributed by atoms with Crippen LogP contribution in [0.2, 0.25) is 5.02 Å². The van der Waals surface area contributed by atoms with Crippen LogP contribution in [0, 0.1) is 5.82 Å². The van der Waals surface area contributed by atoms with E-state index in [1.165, 1.54) is 12.1 Å². The summed E-state index contributed by atoms with van der Waals surface area (Å²) in [6, 6.07) is 9.37. The van der Waals surface area contributed by atoms with Crippen LogP contribution in [0.5, 0.6) is 0 Å². The van der Waals surface area contributed by atoms with E-state index in [9.17, 15) is 17.6 Å². The first-order valence-corrected chi connectivity index (χ1v) is 9.60. The molecular formula is C17H16ClFN2O3S. The maximum Gasteiger partial charge on any atom is 0.261 e. The summed E-state index contributed by atoms with van der Waals surface area (Å²) in [4.78, 5) is 13.9. The summed E-state index contributed by atoms with van der Waals surface area (Å²) in [6.07, 6.45) is 2.01. The lowest BCUT2D eigenvalue weighted by atomic mass is 10.2. The van der Waals surface area contributed by atoms with Gasteiger partial charge in [0.2, 0.25) is 0 Å². The second-order valence-corrected chi connectivity index (χ2v) is 7.85. The predicted molar refractivity (Wildman–Crippen MR) is 93.8 cm³/mol. The second kappa shape index (κ2) is 7.01. The molecule has 1 aliphatic rings. The van der Waals surface area contributed by atoms with E-state index in [1.807, 2.05) is 0 Å². The zero-order chi connectivity index (χ0) is 18.0. The highest BCUT2D eigenvalue weighted by Crippen LogP contribution is 2.22. The fourth-order valence-corrected chi connectivity index (χ4v) is 3.97. The van der Waals surface area contributed by atoms with Crippen molar-refractivity contribution in [2.24, 2.45) is 0 Å². The minimum Gasteiger partial charge on any atom is -0.339 e. The Labute approximate surface area is 150 Å². The fourth-order valence-electron chi connectivity index (χ4n) is 2.64. The SMILES string of the molecule is O=C(c1ccc(NS(=O)(=O)c2ccc(F)c(Cl)c2)cc1)N1CCCC1. The van der Waals surface area contributed by atoms with Crippen LogP contribution >= 0.6 is 11.6 Å². The largest absolute Gasteiger partial charge is 0.339 e. The monoisotopic (exact) mass is 382 g/mol. The Morgan fingerprint density at radius 3 is 2.32 bits per heavy atom. The molecule has 0 saturated carbocycles. The lowest BCUT2D eigenvalue weighted by molar-refractivity contribution is 0.0793. The average molecular weight is 383 g/mol. The number of sulfonamides is 1. The third kappa shape index (κ3) is 3.93. The third-order valence-corrected chi connectivity index (χ3v) is 5.65. The topological polar surface area (TPSA) is 66.5 Å². The lowest BCUT2D eigenvalue weighted by Crippen LogP contribution is -2.27. The van der Waals surface area contributed by atoms with Gasteiger partial charge in [-0.15, -0.1) is 0 Å². The van der Waals surface area contributed by atoms with E-state index in [0.717, 1.165) is 44.1 Å². The average Bonchev–Trinajstić information content (AvgIpc) is 3.11. The van der Waals surface area contributed by atoms with Crippen LogP contribution in [0.15, 0.2) is 47.4 Å². The zero-order valence-electron chi connectivity index (χ0n) is 13.2. The van der Waals surface area contributed by atoms with Gasteiger partial charge in [0.15, 0.2) is 0 Å². The number of carbonyl (C=O) groups excluding carboxylic acids is 1. The molecule has 1 aliphatic heterocycles. The van der Waals surface area contributed by atoms with E-state index in [2.05, 4.69) is 4.72 Å². The Kier molecular flexibility index (Phi) is 4.96. The molecule has 0 atom stereocenters. The number of halogens is 2.